The van der Waals surface area contributed by atoms with Crippen molar-refractivity contribution in [2.24, 2.45) is 0 Å². The van der Waals surface area contributed by atoms with Crippen molar-refractivity contribution in [2.45, 2.75) is 20.3 Å². The highest BCUT2D eigenvalue weighted by molar-refractivity contribution is 5.89. The number of carbonyl (C=O) groups excluding carboxylic acids is 1. The number of anilines is 1. The monoisotopic (exact) mass is 378 g/mol. The number of rotatable bonds is 4. The maximum absolute atomic E-state index is 12.8. The largest absolute Gasteiger partial charge is 0.497 e. The number of fused-ring (bicyclic) bond motifs is 1. The van der Waals surface area contributed by atoms with Crippen LogP contribution in [0, 0.1) is 13.8 Å². The Morgan fingerprint density at radius 3 is 2.43 bits per heavy atom. The highest BCUT2D eigenvalue weighted by Crippen LogP contribution is 2.27. The molecule has 1 aliphatic rings. The van der Waals surface area contributed by atoms with Crippen LogP contribution in [0.2, 0.25) is 0 Å². The van der Waals surface area contributed by atoms with E-state index in [1.807, 2.05) is 17.0 Å². The molecule has 5 nitrogen and oxygen atoms in total. The van der Waals surface area contributed by atoms with Crippen LogP contribution in [0.4, 0.5) is 5.69 Å². The minimum Gasteiger partial charge on any atom is -0.497 e. The Balaban J connectivity index is 1.40. The van der Waals surface area contributed by atoms with E-state index in [0.717, 1.165) is 54.0 Å². The average Bonchev–Trinajstić information content (AvgIpc) is 3.14. The first kappa shape index (κ1) is 18.4. The fourth-order valence-electron chi connectivity index (χ4n) is 3.81. The van der Waals surface area contributed by atoms with E-state index in [4.69, 9.17) is 9.15 Å². The van der Waals surface area contributed by atoms with Crippen molar-refractivity contribution >= 4 is 22.6 Å². The smallest absolute Gasteiger partial charge is 0.227 e. The first-order valence-corrected chi connectivity index (χ1v) is 9.70. The Kier molecular flexibility index (Phi) is 4.99. The molecule has 1 fully saturated rings. The molecule has 28 heavy (non-hydrogen) atoms. The SMILES string of the molecule is COc1ccc(N2CCN(C(=O)Cc3coc4c(C)c(C)ccc34)CC2)cc1. The number of carbonyl (C=O) groups is 1. The third-order valence-corrected chi connectivity index (χ3v) is 5.75. The molecule has 0 radical (unpaired) electrons. The number of methoxy groups -OCH3 is 1. The van der Waals surface area contributed by atoms with Crippen LogP contribution in [0.5, 0.6) is 5.75 Å². The van der Waals surface area contributed by atoms with Crippen molar-refractivity contribution in [3.63, 3.8) is 0 Å². The summed E-state index contributed by atoms with van der Waals surface area (Å²) in [7, 11) is 1.67. The van der Waals surface area contributed by atoms with Gasteiger partial charge in [0.1, 0.15) is 11.3 Å². The fraction of sp³-hybridized carbons (Fsp3) is 0.348. The van der Waals surface area contributed by atoms with E-state index in [2.05, 4.69) is 43.0 Å². The summed E-state index contributed by atoms with van der Waals surface area (Å²) >= 11 is 0. The maximum Gasteiger partial charge on any atom is 0.227 e. The van der Waals surface area contributed by atoms with Gasteiger partial charge >= 0.3 is 0 Å². The predicted octanol–water partition coefficient (Wildman–Crippen LogP) is 3.95. The maximum atomic E-state index is 12.8. The topological polar surface area (TPSA) is 45.9 Å². The summed E-state index contributed by atoms with van der Waals surface area (Å²) < 4.78 is 11.0. The number of hydrogen-bond acceptors (Lipinski definition) is 4. The minimum atomic E-state index is 0.162. The summed E-state index contributed by atoms with van der Waals surface area (Å²) in [5, 5.41) is 1.05. The highest BCUT2D eigenvalue weighted by Gasteiger charge is 2.23. The molecule has 3 aromatic rings. The zero-order chi connectivity index (χ0) is 19.7. The number of nitrogens with zero attached hydrogens (tertiary/aromatic N) is 2. The summed E-state index contributed by atoms with van der Waals surface area (Å²) in [5.41, 5.74) is 5.38. The van der Waals surface area contributed by atoms with Gasteiger partial charge in [-0.3, -0.25) is 4.79 Å². The normalized spacial score (nSPS) is 14.5. The Hall–Kier alpha value is -2.95. The molecular weight excluding hydrogens is 352 g/mol. The van der Waals surface area contributed by atoms with Gasteiger partial charge in [-0.1, -0.05) is 12.1 Å². The zero-order valence-corrected chi connectivity index (χ0v) is 16.7. The van der Waals surface area contributed by atoms with Gasteiger partial charge in [0.15, 0.2) is 0 Å². The minimum absolute atomic E-state index is 0.162. The van der Waals surface area contributed by atoms with Crippen molar-refractivity contribution in [3.05, 3.63) is 59.4 Å². The summed E-state index contributed by atoms with van der Waals surface area (Å²) in [6.07, 6.45) is 2.13. The Morgan fingerprint density at radius 2 is 1.75 bits per heavy atom. The molecule has 1 aromatic heterocycles. The summed E-state index contributed by atoms with van der Waals surface area (Å²) in [4.78, 5) is 17.1. The van der Waals surface area contributed by atoms with Gasteiger partial charge in [0.25, 0.3) is 0 Å². The number of piperazine rings is 1. The Bertz CT molecular complexity index is 983. The van der Waals surface area contributed by atoms with Gasteiger partial charge in [-0.2, -0.15) is 0 Å². The van der Waals surface area contributed by atoms with Crippen LogP contribution in [0.15, 0.2) is 47.1 Å². The molecule has 1 amide bonds. The lowest BCUT2D eigenvalue weighted by atomic mass is 10.0. The number of hydrogen-bond donors (Lipinski definition) is 0. The van der Waals surface area contributed by atoms with E-state index in [1.165, 1.54) is 11.3 Å². The van der Waals surface area contributed by atoms with Crippen molar-refractivity contribution in [3.8, 4) is 5.75 Å². The van der Waals surface area contributed by atoms with E-state index in [-0.39, 0.29) is 5.91 Å². The second kappa shape index (κ2) is 7.58. The predicted molar refractivity (Wildman–Crippen MR) is 111 cm³/mol. The molecule has 0 unspecified atom stereocenters. The molecule has 0 saturated carbocycles. The molecule has 0 N–H and O–H groups in total. The van der Waals surface area contributed by atoms with E-state index in [0.29, 0.717) is 6.42 Å². The van der Waals surface area contributed by atoms with Crippen molar-refractivity contribution < 1.29 is 13.9 Å². The second-order valence-corrected chi connectivity index (χ2v) is 7.39. The van der Waals surface area contributed by atoms with Crippen LogP contribution in [-0.4, -0.2) is 44.1 Å². The summed E-state index contributed by atoms with van der Waals surface area (Å²) in [6, 6.07) is 12.2. The molecule has 2 aromatic carbocycles. The van der Waals surface area contributed by atoms with Gasteiger partial charge in [-0.05, 0) is 49.2 Å². The van der Waals surface area contributed by atoms with Crippen LogP contribution in [0.25, 0.3) is 11.0 Å². The molecule has 0 spiro atoms. The van der Waals surface area contributed by atoms with Gasteiger partial charge < -0.3 is 19.0 Å². The van der Waals surface area contributed by atoms with Gasteiger partial charge in [-0.25, -0.2) is 0 Å². The molecule has 2 heterocycles. The number of aryl methyl sites for hydroxylation is 2. The third-order valence-electron chi connectivity index (χ3n) is 5.75. The average molecular weight is 378 g/mol. The lowest BCUT2D eigenvalue weighted by Gasteiger charge is -2.36. The van der Waals surface area contributed by atoms with Crippen LogP contribution >= 0.6 is 0 Å². The first-order chi connectivity index (χ1) is 13.6. The third kappa shape index (κ3) is 3.44. The van der Waals surface area contributed by atoms with E-state index in [1.54, 1.807) is 13.4 Å². The summed E-state index contributed by atoms with van der Waals surface area (Å²) in [5.74, 6) is 1.02. The first-order valence-electron chi connectivity index (χ1n) is 9.70. The number of amides is 1. The molecule has 0 bridgehead atoms. The standard InChI is InChI=1S/C23H26N2O3/c1-16-4-9-21-18(15-28-23(21)17(16)2)14-22(26)25-12-10-24(11-13-25)19-5-7-20(27-3)8-6-19/h4-9,15H,10-14H2,1-3H3. The highest BCUT2D eigenvalue weighted by atomic mass is 16.5. The van der Waals surface area contributed by atoms with Gasteiger partial charge in [-0.15, -0.1) is 0 Å². The second-order valence-electron chi connectivity index (χ2n) is 7.39. The molecule has 0 atom stereocenters. The Labute approximate surface area is 165 Å². The van der Waals surface area contributed by atoms with E-state index >= 15 is 0 Å². The lowest BCUT2D eigenvalue weighted by molar-refractivity contribution is -0.130. The Morgan fingerprint density at radius 1 is 1.04 bits per heavy atom. The molecular formula is C23H26N2O3. The van der Waals surface area contributed by atoms with Gasteiger partial charge in [0, 0.05) is 42.8 Å². The molecule has 4 rings (SSSR count). The number of benzene rings is 2. The van der Waals surface area contributed by atoms with Crippen molar-refractivity contribution in [1.82, 2.24) is 4.90 Å². The molecule has 146 valence electrons. The molecule has 1 saturated heterocycles. The van der Waals surface area contributed by atoms with E-state index < -0.39 is 0 Å². The number of furan rings is 1. The van der Waals surface area contributed by atoms with Crippen LogP contribution in [-0.2, 0) is 11.2 Å². The van der Waals surface area contributed by atoms with Crippen molar-refractivity contribution in [1.29, 1.82) is 0 Å². The molecule has 1 aliphatic heterocycles. The van der Waals surface area contributed by atoms with Gasteiger partial charge in [0.05, 0.1) is 19.8 Å². The van der Waals surface area contributed by atoms with Crippen molar-refractivity contribution in [2.75, 3.05) is 38.2 Å². The van der Waals surface area contributed by atoms with Crippen LogP contribution in [0.3, 0.4) is 0 Å². The van der Waals surface area contributed by atoms with E-state index in [9.17, 15) is 4.79 Å². The molecule has 5 heteroatoms. The van der Waals surface area contributed by atoms with Crippen LogP contribution in [0.1, 0.15) is 16.7 Å². The van der Waals surface area contributed by atoms with Crippen LogP contribution < -0.4 is 9.64 Å². The lowest BCUT2D eigenvalue weighted by Crippen LogP contribution is -2.49. The summed E-state index contributed by atoms with van der Waals surface area (Å²) in [6.45, 7) is 7.28. The zero-order valence-electron chi connectivity index (χ0n) is 16.7. The quantitative estimate of drug-likeness (QED) is 0.690. The molecule has 0 aliphatic carbocycles. The fourth-order valence-corrected chi connectivity index (χ4v) is 3.81. The number of ether oxygens (including phenoxy) is 1. The van der Waals surface area contributed by atoms with Gasteiger partial charge in [0.2, 0.25) is 5.91 Å².